The van der Waals surface area contributed by atoms with Crippen LogP contribution >= 0.6 is 24.0 Å². The molecule has 1 aliphatic heterocycles. The van der Waals surface area contributed by atoms with Crippen molar-refractivity contribution < 1.29 is 9.53 Å². The van der Waals surface area contributed by atoms with Gasteiger partial charge < -0.3 is 4.74 Å². The number of amides is 1. The molecule has 3 nitrogen and oxygen atoms in total. The van der Waals surface area contributed by atoms with Crippen LogP contribution in [0.2, 0.25) is 0 Å². The van der Waals surface area contributed by atoms with E-state index < -0.39 is 0 Å². The Balaban J connectivity index is 1.51. The Kier molecular flexibility index (Phi) is 6.36. The van der Waals surface area contributed by atoms with E-state index in [0.29, 0.717) is 15.8 Å². The number of hydrogen-bond acceptors (Lipinski definition) is 4. The third-order valence-corrected chi connectivity index (χ3v) is 6.81. The second kappa shape index (κ2) is 9.14. The highest BCUT2D eigenvalue weighted by atomic mass is 32.2. The van der Waals surface area contributed by atoms with Crippen LogP contribution in [0.4, 0.5) is 0 Å². The van der Waals surface area contributed by atoms with Gasteiger partial charge in [0.2, 0.25) is 0 Å². The maximum atomic E-state index is 13.1. The maximum absolute atomic E-state index is 13.1. The van der Waals surface area contributed by atoms with Crippen LogP contribution < -0.4 is 4.74 Å². The fourth-order valence-corrected chi connectivity index (χ4v) is 5.24. The van der Waals surface area contributed by atoms with Crippen molar-refractivity contribution in [1.29, 1.82) is 0 Å². The normalized spacial score (nSPS) is 19.2. The van der Waals surface area contributed by atoms with Crippen molar-refractivity contribution in [3.8, 4) is 5.75 Å². The zero-order chi connectivity index (χ0) is 20.2. The van der Waals surface area contributed by atoms with E-state index in [1.807, 2.05) is 35.2 Å². The average Bonchev–Trinajstić information content (AvgIpc) is 3.02. The number of carbonyl (C=O) groups excluding carboxylic acids is 1. The quantitative estimate of drug-likeness (QED) is 0.429. The second-order valence-electron chi connectivity index (χ2n) is 7.66. The molecule has 2 fully saturated rings. The van der Waals surface area contributed by atoms with Gasteiger partial charge in [0.05, 0.1) is 4.91 Å². The first-order valence-electron chi connectivity index (χ1n) is 10.2. The highest BCUT2D eigenvalue weighted by Crippen LogP contribution is 2.38. The first-order chi connectivity index (χ1) is 14.1. The molecule has 2 aliphatic rings. The molecule has 150 valence electrons. The number of para-hydroxylation sites is 1. The molecule has 1 amide bonds. The molecule has 0 unspecified atom stereocenters. The number of nitrogens with zero attached hydrogens (tertiary/aromatic N) is 1. The SMILES string of the molecule is Cc1ccc(COc2ccccc2/C=C2\SC(=S)N(C3CCCCC3)C2=O)cc1. The Bertz CT molecular complexity index is 930. The summed E-state index contributed by atoms with van der Waals surface area (Å²) in [6.45, 7) is 2.57. The molecular weight excluding hydrogens is 398 g/mol. The number of carbonyl (C=O) groups is 1. The number of thioether (sulfide) groups is 1. The molecule has 0 N–H and O–H groups in total. The molecule has 0 radical (unpaired) electrons. The first kappa shape index (κ1) is 20.2. The molecule has 4 rings (SSSR count). The van der Waals surface area contributed by atoms with E-state index in [1.54, 1.807) is 0 Å². The molecule has 1 aliphatic carbocycles. The topological polar surface area (TPSA) is 29.5 Å². The Morgan fingerprint density at radius 3 is 2.59 bits per heavy atom. The van der Waals surface area contributed by atoms with Crippen molar-refractivity contribution in [1.82, 2.24) is 4.90 Å². The third kappa shape index (κ3) is 4.73. The zero-order valence-corrected chi connectivity index (χ0v) is 18.2. The van der Waals surface area contributed by atoms with E-state index in [9.17, 15) is 4.79 Å². The molecule has 1 saturated heterocycles. The molecule has 2 aromatic carbocycles. The van der Waals surface area contributed by atoms with Crippen LogP contribution in [0.25, 0.3) is 6.08 Å². The fraction of sp³-hybridized carbons (Fsp3) is 0.333. The summed E-state index contributed by atoms with van der Waals surface area (Å²) in [6, 6.07) is 16.4. The fourth-order valence-electron chi connectivity index (χ4n) is 3.85. The summed E-state index contributed by atoms with van der Waals surface area (Å²) in [5.41, 5.74) is 3.26. The van der Waals surface area contributed by atoms with Crippen LogP contribution in [0.5, 0.6) is 5.75 Å². The molecule has 2 aromatic rings. The average molecular weight is 424 g/mol. The third-order valence-electron chi connectivity index (χ3n) is 5.48. The summed E-state index contributed by atoms with van der Waals surface area (Å²) in [7, 11) is 0. The highest BCUT2D eigenvalue weighted by molar-refractivity contribution is 8.26. The molecule has 0 aromatic heterocycles. The van der Waals surface area contributed by atoms with Crippen LogP contribution in [-0.4, -0.2) is 21.2 Å². The molecule has 29 heavy (non-hydrogen) atoms. The van der Waals surface area contributed by atoms with Crippen molar-refractivity contribution in [2.24, 2.45) is 0 Å². The summed E-state index contributed by atoms with van der Waals surface area (Å²) >= 11 is 6.95. The number of benzene rings is 2. The standard InChI is InChI=1S/C24H25NO2S2/c1-17-11-13-18(14-12-17)16-27-21-10-6-5-7-19(21)15-22-23(26)25(24(28)29-22)20-8-3-2-4-9-20/h5-7,10-15,20H,2-4,8-9,16H2,1H3/b22-15-. The zero-order valence-electron chi connectivity index (χ0n) is 16.6. The van der Waals surface area contributed by atoms with Gasteiger partial charge in [0.1, 0.15) is 16.7 Å². The second-order valence-corrected chi connectivity index (χ2v) is 9.33. The van der Waals surface area contributed by atoms with Crippen molar-refractivity contribution in [2.45, 2.75) is 51.7 Å². The summed E-state index contributed by atoms with van der Waals surface area (Å²) < 4.78 is 6.75. The van der Waals surface area contributed by atoms with Gasteiger partial charge in [-0.15, -0.1) is 0 Å². The smallest absolute Gasteiger partial charge is 0.266 e. The van der Waals surface area contributed by atoms with E-state index in [2.05, 4.69) is 31.2 Å². The number of thiocarbonyl (C=S) groups is 1. The maximum Gasteiger partial charge on any atom is 0.266 e. The van der Waals surface area contributed by atoms with E-state index in [0.717, 1.165) is 29.7 Å². The monoisotopic (exact) mass is 423 g/mol. The lowest BCUT2D eigenvalue weighted by molar-refractivity contribution is -0.124. The lowest BCUT2D eigenvalue weighted by atomic mass is 9.94. The van der Waals surface area contributed by atoms with Crippen molar-refractivity contribution in [3.63, 3.8) is 0 Å². The van der Waals surface area contributed by atoms with E-state index >= 15 is 0 Å². The van der Waals surface area contributed by atoms with Gasteiger partial charge in [-0.2, -0.15) is 0 Å². The first-order valence-corrected chi connectivity index (χ1v) is 11.4. The summed E-state index contributed by atoms with van der Waals surface area (Å²) in [5, 5.41) is 0. The number of rotatable bonds is 5. The molecule has 1 heterocycles. The van der Waals surface area contributed by atoms with Gasteiger partial charge in [0, 0.05) is 11.6 Å². The summed E-state index contributed by atoms with van der Waals surface area (Å²) in [5.74, 6) is 0.816. The Morgan fingerprint density at radius 1 is 1.10 bits per heavy atom. The predicted octanol–water partition coefficient (Wildman–Crippen LogP) is 6.11. The van der Waals surface area contributed by atoms with Crippen LogP contribution in [0.15, 0.2) is 53.4 Å². The number of hydrogen-bond donors (Lipinski definition) is 0. The lowest BCUT2D eigenvalue weighted by Crippen LogP contribution is -2.39. The molecule has 5 heteroatoms. The summed E-state index contributed by atoms with van der Waals surface area (Å²) in [4.78, 5) is 15.6. The molecule has 0 atom stereocenters. The Labute approximate surface area is 182 Å². The number of aryl methyl sites for hydroxylation is 1. The molecule has 0 bridgehead atoms. The molecular formula is C24H25NO2S2. The van der Waals surface area contributed by atoms with Gasteiger partial charge in [0.15, 0.2) is 0 Å². The van der Waals surface area contributed by atoms with Crippen LogP contribution in [0.3, 0.4) is 0 Å². The Morgan fingerprint density at radius 2 is 1.83 bits per heavy atom. The van der Waals surface area contributed by atoms with Crippen LogP contribution in [0, 0.1) is 6.92 Å². The minimum atomic E-state index is 0.0419. The molecule has 0 spiro atoms. The van der Waals surface area contributed by atoms with E-state index in [1.165, 1.54) is 36.6 Å². The summed E-state index contributed by atoms with van der Waals surface area (Å²) in [6.07, 6.45) is 7.64. The van der Waals surface area contributed by atoms with Gasteiger partial charge in [-0.05, 0) is 37.5 Å². The van der Waals surface area contributed by atoms with Gasteiger partial charge in [-0.3, -0.25) is 9.69 Å². The Hall–Kier alpha value is -2.11. The van der Waals surface area contributed by atoms with Crippen molar-refractivity contribution in [3.05, 3.63) is 70.1 Å². The van der Waals surface area contributed by atoms with Crippen LogP contribution in [-0.2, 0) is 11.4 Å². The van der Waals surface area contributed by atoms with E-state index in [4.69, 9.17) is 17.0 Å². The predicted molar refractivity (Wildman–Crippen MR) is 124 cm³/mol. The van der Waals surface area contributed by atoms with E-state index in [-0.39, 0.29) is 11.9 Å². The van der Waals surface area contributed by atoms with Gasteiger partial charge >= 0.3 is 0 Å². The van der Waals surface area contributed by atoms with Gasteiger partial charge in [-0.25, -0.2) is 0 Å². The minimum absolute atomic E-state index is 0.0419. The van der Waals surface area contributed by atoms with Crippen LogP contribution in [0.1, 0.15) is 48.8 Å². The highest BCUT2D eigenvalue weighted by Gasteiger charge is 2.37. The minimum Gasteiger partial charge on any atom is -0.488 e. The molecule has 1 saturated carbocycles. The largest absolute Gasteiger partial charge is 0.488 e. The van der Waals surface area contributed by atoms with Gasteiger partial charge in [0.25, 0.3) is 5.91 Å². The van der Waals surface area contributed by atoms with Crippen molar-refractivity contribution in [2.75, 3.05) is 0 Å². The number of ether oxygens (including phenoxy) is 1. The van der Waals surface area contributed by atoms with Gasteiger partial charge in [-0.1, -0.05) is 91.3 Å². The van der Waals surface area contributed by atoms with Crippen molar-refractivity contribution >= 4 is 40.3 Å². The lowest BCUT2D eigenvalue weighted by Gasteiger charge is -2.29.